The Morgan fingerprint density at radius 3 is 2.31 bits per heavy atom. The van der Waals surface area contributed by atoms with Crippen molar-refractivity contribution in [1.29, 1.82) is 0 Å². The maximum Gasteiger partial charge on any atom is 0.387 e. The van der Waals surface area contributed by atoms with E-state index in [0.29, 0.717) is 5.92 Å². The van der Waals surface area contributed by atoms with Crippen LogP contribution in [0.15, 0.2) is 30.4 Å². The summed E-state index contributed by atoms with van der Waals surface area (Å²) in [6.45, 7) is -0.930. The number of allylic oxidation sites excluding steroid dienone is 2. The van der Waals surface area contributed by atoms with Gasteiger partial charge in [0.2, 0.25) is 0 Å². The van der Waals surface area contributed by atoms with Crippen LogP contribution in [0.2, 0.25) is 0 Å². The first-order chi connectivity index (χ1) is 16.9. The molecule has 0 N–H and O–H groups in total. The van der Waals surface area contributed by atoms with Gasteiger partial charge < -0.3 is 9.47 Å². The van der Waals surface area contributed by atoms with Crippen molar-refractivity contribution >= 4 is 5.97 Å². The molecule has 0 aromatic heterocycles. The minimum Gasteiger partial charge on any atom is -0.435 e. The van der Waals surface area contributed by atoms with Crippen LogP contribution in [0.5, 0.6) is 11.5 Å². The number of rotatable bonds is 8. The standard InChI is InChI=1S/C29H39F3O3/c1-2-3-4-5-19-6-7-24-17-23(13-12-22(24)16-19)20-8-10-21(11-9-20)28(33)35-27-15-14-25(18-26(27)30)34-29(31)32/h2-3,14-15,18-24,29H,4-13,16-17H2,1H3/b3-2+. The molecule has 4 atom stereocenters. The van der Waals surface area contributed by atoms with Crippen molar-refractivity contribution in [3.63, 3.8) is 0 Å². The smallest absolute Gasteiger partial charge is 0.387 e. The first kappa shape index (κ1) is 26.1. The fourth-order valence-electron chi connectivity index (χ4n) is 6.97. The maximum absolute atomic E-state index is 14.2. The number of benzene rings is 1. The van der Waals surface area contributed by atoms with Gasteiger partial charge in [-0.25, -0.2) is 4.39 Å². The summed E-state index contributed by atoms with van der Waals surface area (Å²) in [6, 6.07) is 3.17. The molecular weight excluding hydrogens is 453 g/mol. The zero-order valence-corrected chi connectivity index (χ0v) is 20.8. The third-order valence-electron chi connectivity index (χ3n) is 8.85. The van der Waals surface area contributed by atoms with Crippen LogP contribution in [-0.4, -0.2) is 12.6 Å². The number of carbonyl (C=O) groups excluding carboxylic acids is 1. The number of hydrogen-bond acceptors (Lipinski definition) is 3. The lowest BCUT2D eigenvalue weighted by Crippen LogP contribution is -2.35. The first-order valence-electron chi connectivity index (χ1n) is 13.5. The molecule has 0 heterocycles. The third kappa shape index (κ3) is 7.04. The van der Waals surface area contributed by atoms with Crippen molar-refractivity contribution < 1.29 is 27.4 Å². The Kier molecular flexibility index (Phi) is 9.18. The van der Waals surface area contributed by atoms with Crippen LogP contribution >= 0.6 is 0 Å². The summed E-state index contributed by atoms with van der Waals surface area (Å²) in [4.78, 5) is 12.6. The molecule has 3 aliphatic rings. The molecule has 194 valence electrons. The number of alkyl halides is 2. The van der Waals surface area contributed by atoms with Gasteiger partial charge in [-0.3, -0.25) is 4.79 Å². The van der Waals surface area contributed by atoms with Gasteiger partial charge in [-0.15, -0.1) is 0 Å². The molecule has 4 unspecified atom stereocenters. The normalized spacial score (nSPS) is 31.3. The van der Waals surface area contributed by atoms with Crippen LogP contribution in [-0.2, 0) is 4.79 Å². The molecule has 3 fully saturated rings. The predicted molar refractivity (Wildman–Crippen MR) is 130 cm³/mol. The number of halogens is 3. The quantitative estimate of drug-likeness (QED) is 0.208. The lowest BCUT2D eigenvalue weighted by molar-refractivity contribution is -0.140. The van der Waals surface area contributed by atoms with E-state index < -0.39 is 18.4 Å². The summed E-state index contributed by atoms with van der Waals surface area (Å²) >= 11 is 0. The number of carbonyl (C=O) groups is 1. The van der Waals surface area contributed by atoms with E-state index in [9.17, 15) is 18.0 Å². The Hall–Kier alpha value is -1.98. The topological polar surface area (TPSA) is 35.5 Å². The van der Waals surface area contributed by atoms with E-state index in [0.717, 1.165) is 55.4 Å². The largest absolute Gasteiger partial charge is 0.435 e. The van der Waals surface area contributed by atoms with Gasteiger partial charge in [0.05, 0.1) is 5.92 Å². The fourth-order valence-corrected chi connectivity index (χ4v) is 6.97. The summed E-state index contributed by atoms with van der Waals surface area (Å²) in [7, 11) is 0. The minimum absolute atomic E-state index is 0.230. The number of ether oxygens (including phenoxy) is 2. The summed E-state index contributed by atoms with van der Waals surface area (Å²) in [6.07, 6.45) is 18.8. The lowest BCUT2D eigenvalue weighted by Gasteiger charge is -2.45. The lowest BCUT2D eigenvalue weighted by atomic mass is 9.60. The van der Waals surface area contributed by atoms with Gasteiger partial charge in [-0.2, -0.15) is 8.78 Å². The van der Waals surface area contributed by atoms with E-state index in [2.05, 4.69) is 23.8 Å². The summed E-state index contributed by atoms with van der Waals surface area (Å²) < 4.78 is 48.2. The van der Waals surface area contributed by atoms with E-state index in [1.54, 1.807) is 0 Å². The average Bonchev–Trinajstić information content (AvgIpc) is 2.85. The monoisotopic (exact) mass is 492 g/mol. The molecule has 0 spiro atoms. The van der Waals surface area contributed by atoms with Crippen LogP contribution in [0.1, 0.15) is 84.0 Å². The van der Waals surface area contributed by atoms with Crippen LogP contribution in [0, 0.1) is 41.3 Å². The summed E-state index contributed by atoms with van der Waals surface area (Å²) in [5, 5.41) is 0. The Bertz CT molecular complexity index is 863. The van der Waals surface area contributed by atoms with Gasteiger partial charge in [0.1, 0.15) is 5.75 Å². The van der Waals surface area contributed by atoms with E-state index in [4.69, 9.17) is 4.74 Å². The van der Waals surface area contributed by atoms with Crippen LogP contribution in [0.3, 0.4) is 0 Å². The van der Waals surface area contributed by atoms with Gasteiger partial charge >= 0.3 is 12.6 Å². The van der Waals surface area contributed by atoms with Gasteiger partial charge in [0.15, 0.2) is 11.6 Å². The Balaban J connectivity index is 1.21. The van der Waals surface area contributed by atoms with Crippen LogP contribution in [0.4, 0.5) is 13.2 Å². The predicted octanol–water partition coefficient (Wildman–Crippen LogP) is 8.33. The third-order valence-corrected chi connectivity index (χ3v) is 8.85. The summed E-state index contributed by atoms with van der Waals surface area (Å²) in [5.74, 6) is 2.08. The molecule has 1 aromatic carbocycles. The zero-order chi connectivity index (χ0) is 24.8. The molecule has 3 nitrogen and oxygen atoms in total. The van der Waals surface area contributed by atoms with E-state index in [-0.39, 0.29) is 17.4 Å². The highest BCUT2D eigenvalue weighted by atomic mass is 19.3. The Morgan fingerprint density at radius 1 is 0.971 bits per heavy atom. The number of fused-ring (bicyclic) bond motifs is 1. The highest BCUT2D eigenvalue weighted by Crippen LogP contribution is 2.49. The van der Waals surface area contributed by atoms with Crippen molar-refractivity contribution in [2.24, 2.45) is 35.5 Å². The molecule has 0 amide bonds. The molecule has 3 aliphatic carbocycles. The van der Waals surface area contributed by atoms with Crippen LogP contribution < -0.4 is 9.47 Å². The maximum atomic E-state index is 14.2. The molecule has 1 aromatic rings. The second-order valence-electron chi connectivity index (χ2n) is 10.9. The number of hydrogen-bond donors (Lipinski definition) is 0. The first-order valence-corrected chi connectivity index (χ1v) is 13.5. The van der Waals surface area contributed by atoms with E-state index >= 15 is 0 Å². The molecular formula is C29H39F3O3. The van der Waals surface area contributed by atoms with Crippen molar-refractivity contribution in [2.75, 3.05) is 0 Å². The van der Waals surface area contributed by atoms with Gasteiger partial charge in [0, 0.05) is 6.07 Å². The van der Waals surface area contributed by atoms with Crippen LogP contribution in [0.25, 0.3) is 0 Å². The van der Waals surface area contributed by atoms with Gasteiger partial charge in [-0.1, -0.05) is 18.6 Å². The highest BCUT2D eigenvalue weighted by molar-refractivity contribution is 5.75. The Labute approximate surface area is 207 Å². The SMILES string of the molecule is C/C=C/CCC1CCC2CC(C3CCC(C(=O)Oc4ccc(OC(F)F)cc4F)CC3)CCC2C1. The molecule has 0 radical (unpaired) electrons. The molecule has 0 saturated heterocycles. The number of esters is 1. The molecule has 0 bridgehead atoms. The zero-order valence-electron chi connectivity index (χ0n) is 20.8. The Morgan fingerprint density at radius 2 is 1.63 bits per heavy atom. The van der Waals surface area contributed by atoms with Crippen molar-refractivity contribution in [2.45, 2.75) is 90.6 Å². The second kappa shape index (κ2) is 12.3. The molecule has 4 rings (SSSR count). The van der Waals surface area contributed by atoms with E-state index in [1.165, 1.54) is 63.5 Å². The molecule has 6 heteroatoms. The highest BCUT2D eigenvalue weighted by Gasteiger charge is 2.39. The molecule has 0 aliphatic heterocycles. The van der Waals surface area contributed by atoms with Crippen molar-refractivity contribution in [1.82, 2.24) is 0 Å². The van der Waals surface area contributed by atoms with E-state index in [1.807, 2.05) is 0 Å². The summed E-state index contributed by atoms with van der Waals surface area (Å²) in [5.41, 5.74) is 0. The van der Waals surface area contributed by atoms with Gasteiger partial charge in [0.25, 0.3) is 0 Å². The van der Waals surface area contributed by atoms with Crippen molar-refractivity contribution in [3.05, 3.63) is 36.2 Å². The average molecular weight is 493 g/mol. The second-order valence-corrected chi connectivity index (χ2v) is 10.9. The fraction of sp³-hybridized carbons (Fsp3) is 0.690. The molecule has 35 heavy (non-hydrogen) atoms. The molecule has 3 saturated carbocycles. The minimum atomic E-state index is -3.03. The van der Waals surface area contributed by atoms with Gasteiger partial charge in [-0.05, 0) is 119 Å². The van der Waals surface area contributed by atoms with Crippen molar-refractivity contribution in [3.8, 4) is 11.5 Å².